The van der Waals surface area contributed by atoms with Crippen molar-refractivity contribution in [3.63, 3.8) is 0 Å². The van der Waals surface area contributed by atoms with Crippen molar-refractivity contribution in [2.75, 3.05) is 22.9 Å². The highest BCUT2D eigenvalue weighted by molar-refractivity contribution is 7.92. The van der Waals surface area contributed by atoms with E-state index in [-0.39, 0.29) is 11.3 Å². The van der Waals surface area contributed by atoms with Crippen molar-refractivity contribution < 1.29 is 22.7 Å². The number of ether oxygens (including phenoxy) is 1. The third kappa shape index (κ3) is 6.09. The Kier molecular flexibility index (Phi) is 6.00. The fourth-order valence-electron chi connectivity index (χ4n) is 1.92. The average molecular weight is 383 g/mol. The average Bonchev–Trinajstić information content (AvgIpc) is 2.51. The SMILES string of the molecule is CS(=O)(=O)Nc1ccccc1C(=O)OCC(=O)Nc1cccc(Cl)c1. The monoisotopic (exact) mass is 382 g/mol. The fourth-order valence-corrected chi connectivity index (χ4v) is 2.69. The van der Waals surface area contributed by atoms with E-state index in [1.165, 1.54) is 12.1 Å². The van der Waals surface area contributed by atoms with E-state index < -0.39 is 28.5 Å². The van der Waals surface area contributed by atoms with Crippen molar-refractivity contribution in [3.8, 4) is 0 Å². The first-order valence-electron chi connectivity index (χ1n) is 7.04. The molecule has 1 amide bonds. The quantitative estimate of drug-likeness (QED) is 0.747. The molecule has 132 valence electrons. The van der Waals surface area contributed by atoms with Crippen LogP contribution in [0.15, 0.2) is 48.5 Å². The second-order valence-corrected chi connectivity index (χ2v) is 7.24. The largest absolute Gasteiger partial charge is 0.452 e. The Labute approximate surface area is 150 Å². The van der Waals surface area contributed by atoms with Gasteiger partial charge in [0.25, 0.3) is 5.91 Å². The van der Waals surface area contributed by atoms with E-state index in [9.17, 15) is 18.0 Å². The maximum Gasteiger partial charge on any atom is 0.340 e. The van der Waals surface area contributed by atoms with Gasteiger partial charge >= 0.3 is 5.97 Å². The number of sulfonamides is 1. The molecule has 0 saturated carbocycles. The first-order chi connectivity index (χ1) is 11.7. The molecule has 0 aliphatic heterocycles. The van der Waals surface area contributed by atoms with Crippen LogP contribution in [0, 0.1) is 0 Å². The standard InChI is InChI=1S/C16H15ClN2O5S/c1-25(22,23)19-14-8-3-2-7-13(14)16(21)24-10-15(20)18-12-6-4-5-11(17)9-12/h2-9,19H,10H2,1H3,(H,18,20). The Hall–Kier alpha value is -2.58. The molecule has 0 aromatic heterocycles. The number of nitrogens with one attached hydrogen (secondary N) is 2. The highest BCUT2D eigenvalue weighted by atomic mass is 35.5. The number of amides is 1. The molecule has 0 fully saturated rings. The topological polar surface area (TPSA) is 102 Å². The summed E-state index contributed by atoms with van der Waals surface area (Å²) >= 11 is 5.81. The summed E-state index contributed by atoms with van der Waals surface area (Å²) in [6, 6.07) is 12.4. The molecule has 0 aliphatic carbocycles. The van der Waals surface area contributed by atoms with Crippen LogP contribution < -0.4 is 10.0 Å². The van der Waals surface area contributed by atoms with Gasteiger partial charge in [0.05, 0.1) is 17.5 Å². The van der Waals surface area contributed by atoms with E-state index >= 15 is 0 Å². The van der Waals surface area contributed by atoms with Crippen LogP contribution >= 0.6 is 11.6 Å². The van der Waals surface area contributed by atoms with Crippen LogP contribution in [0.25, 0.3) is 0 Å². The summed E-state index contributed by atoms with van der Waals surface area (Å²) in [4.78, 5) is 23.9. The number of para-hydroxylation sites is 1. The molecule has 0 spiro atoms. The molecule has 0 atom stereocenters. The second kappa shape index (κ2) is 8.00. The summed E-state index contributed by atoms with van der Waals surface area (Å²) in [5.74, 6) is -1.38. The molecule has 25 heavy (non-hydrogen) atoms. The van der Waals surface area contributed by atoms with Gasteiger partial charge < -0.3 is 10.1 Å². The predicted octanol–water partition coefficient (Wildman–Crippen LogP) is 2.51. The molecule has 0 heterocycles. The third-order valence-corrected chi connectivity index (χ3v) is 3.71. The van der Waals surface area contributed by atoms with Gasteiger partial charge in [-0.05, 0) is 30.3 Å². The summed E-state index contributed by atoms with van der Waals surface area (Å²) in [5.41, 5.74) is 0.543. The Bertz CT molecular complexity index is 899. The van der Waals surface area contributed by atoms with Gasteiger partial charge in [-0.3, -0.25) is 9.52 Å². The Balaban J connectivity index is 1.99. The normalized spacial score (nSPS) is 10.8. The van der Waals surface area contributed by atoms with Gasteiger partial charge in [0.1, 0.15) is 0 Å². The zero-order valence-electron chi connectivity index (χ0n) is 13.2. The Morgan fingerprint density at radius 3 is 2.52 bits per heavy atom. The number of hydrogen-bond donors (Lipinski definition) is 2. The summed E-state index contributed by atoms with van der Waals surface area (Å²) in [5, 5.41) is 2.98. The number of carbonyl (C=O) groups is 2. The van der Waals surface area contributed by atoms with E-state index in [4.69, 9.17) is 16.3 Å². The summed E-state index contributed by atoms with van der Waals surface area (Å²) in [7, 11) is -3.56. The number of carbonyl (C=O) groups excluding carboxylic acids is 2. The number of benzene rings is 2. The lowest BCUT2D eigenvalue weighted by Crippen LogP contribution is -2.21. The second-order valence-electron chi connectivity index (χ2n) is 5.05. The van der Waals surface area contributed by atoms with E-state index in [1.807, 2.05) is 0 Å². The van der Waals surface area contributed by atoms with Crippen molar-refractivity contribution in [2.45, 2.75) is 0 Å². The van der Waals surface area contributed by atoms with Gasteiger partial charge in [0.2, 0.25) is 10.0 Å². The molecule has 0 bridgehead atoms. The van der Waals surface area contributed by atoms with Gasteiger partial charge in [-0.1, -0.05) is 29.8 Å². The molecule has 0 unspecified atom stereocenters. The predicted molar refractivity (Wildman–Crippen MR) is 95.3 cm³/mol. The van der Waals surface area contributed by atoms with E-state index in [0.717, 1.165) is 6.26 Å². The number of hydrogen-bond acceptors (Lipinski definition) is 5. The third-order valence-electron chi connectivity index (χ3n) is 2.89. The number of rotatable bonds is 6. The van der Waals surface area contributed by atoms with Crippen LogP contribution in [0.5, 0.6) is 0 Å². The smallest absolute Gasteiger partial charge is 0.340 e. The van der Waals surface area contributed by atoms with Crippen LogP contribution in [0.2, 0.25) is 5.02 Å². The van der Waals surface area contributed by atoms with Crippen LogP contribution in [0.1, 0.15) is 10.4 Å². The van der Waals surface area contributed by atoms with E-state index in [0.29, 0.717) is 10.7 Å². The minimum atomic E-state index is -3.56. The zero-order chi connectivity index (χ0) is 18.4. The Morgan fingerprint density at radius 2 is 1.84 bits per heavy atom. The summed E-state index contributed by atoms with van der Waals surface area (Å²) in [6.45, 7) is -0.529. The maximum atomic E-state index is 12.1. The van der Waals surface area contributed by atoms with Crippen LogP contribution in [0.4, 0.5) is 11.4 Å². The number of anilines is 2. The molecule has 2 aromatic rings. The van der Waals surface area contributed by atoms with Gasteiger partial charge in [0.15, 0.2) is 6.61 Å². The minimum absolute atomic E-state index is 0.00322. The molecular formula is C16H15ClN2O5S. The molecule has 2 aromatic carbocycles. The van der Waals surface area contributed by atoms with Crippen molar-refractivity contribution in [1.29, 1.82) is 0 Å². The van der Waals surface area contributed by atoms with Crippen LogP contribution in [-0.2, 0) is 19.6 Å². The molecular weight excluding hydrogens is 368 g/mol. The van der Waals surface area contributed by atoms with Crippen molar-refractivity contribution in [2.24, 2.45) is 0 Å². The molecule has 2 N–H and O–H groups in total. The first kappa shape index (κ1) is 18.8. The van der Waals surface area contributed by atoms with E-state index in [1.54, 1.807) is 36.4 Å². The molecule has 9 heteroatoms. The summed E-state index contributed by atoms with van der Waals surface area (Å²) < 4.78 is 29.8. The molecule has 0 radical (unpaired) electrons. The van der Waals surface area contributed by atoms with Crippen LogP contribution in [0.3, 0.4) is 0 Å². The van der Waals surface area contributed by atoms with Crippen molar-refractivity contribution >= 4 is 44.9 Å². The van der Waals surface area contributed by atoms with Crippen molar-refractivity contribution in [3.05, 3.63) is 59.1 Å². The molecule has 2 rings (SSSR count). The van der Waals surface area contributed by atoms with Gasteiger partial charge in [-0.25, -0.2) is 13.2 Å². The first-order valence-corrected chi connectivity index (χ1v) is 9.31. The Morgan fingerprint density at radius 1 is 1.12 bits per heavy atom. The van der Waals surface area contributed by atoms with E-state index in [2.05, 4.69) is 10.0 Å². The molecule has 7 nitrogen and oxygen atoms in total. The van der Waals surface area contributed by atoms with Crippen molar-refractivity contribution in [1.82, 2.24) is 0 Å². The fraction of sp³-hybridized carbons (Fsp3) is 0.125. The number of halogens is 1. The van der Waals surface area contributed by atoms with Gasteiger partial charge in [0, 0.05) is 10.7 Å². The lowest BCUT2D eigenvalue weighted by molar-refractivity contribution is -0.119. The van der Waals surface area contributed by atoms with Gasteiger partial charge in [-0.2, -0.15) is 0 Å². The molecule has 0 saturated heterocycles. The highest BCUT2D eigenvalue weighted by Gasteiger charge is 2.16. The zero-order valence-corrected chi connectivity index (χ0v) is 14.7. The lowest BCUT2D eigenvalue weighted by Gasteiger charge is -2.10. The van der Waals surface area contributed by atoms with Gasteiger partial charge in [-0.15, -0.1) is 0 Å². The number of esters is 1. The maximum absolute atomic E-state index is 12.1. The summed E-state index contributed by atoms with van der Waals surface area (Å²) in [6.07, 6.45) is 0.966. The highest BCUT2D eigenvalue weighted by Crippen LogP contribution is 2.18. The minimum Gasteiger partial charge on any atom is -0.452 e. The molecule has 0 aliphatic rings. The lowest BCUT2D eigenvalue weighted by atomic mass is 10.2. The van der Waals surface area contributed by atoms with Crippen LogP contribution in [-0.4, -0.2) is 33.2 Å².